The van der Waals surface area contributed by atoms with Crippen LogP contribution >= 0.6 is 11.3 Å². The first-order valence-corrected chi connectivity index (χ1v) is 9.37. The molecule has 0 aliphatic heterocycles. The lowest BCUT2D eigenvalue weighted by molar-refractivity contribution is 0.303. The highest BCUT2D eigenvalue weighted by Gasteiger charge is 2.13. The van der Waals surface area contributed by atoms with Crippen molar-refractivity contribution in [2.45, 2.75) is 20.1 Å². The first-order valence-electron chi connectivity index (χ1n) is 8.55. The van der Waals surface area contributed by atoms with E-state index in [1.54, 1.807) is 4.52 Å². The third-order valence-corrected chi connectivity index (χ3v) is 5.16. The number of hydrogen-bond acceptors (Lipinski definition) is 6. The van der Waals surface area contributed by atoms with Crippen LogP contribution in [0, 0.1) is 6.92 Å². The zero-order chi connectivity index (χ0) is 18.2. The molecule has 134 valence electrons. The van der Waals surface area contributed by atoms with E-state index in [1.165, 1.54) is 16.9 Å². The normalized spacial score (nSPS) is 11.4. The summed E-state index contributed by atoms with van der Waals surface area (Å²) >= 11 is 1.49. The molecule has 2 aromatic carbocycles. The van der Waals surface area contributed by atoms with Crippen molar-refractivity contribution in [3.63, 3.8) is 0 Å². The molecule has 3 aromatic heterocycles. The fourth-order valence-corrected chi connectivity index (χ4v) is 3.76. The second-order valence-electron chi connectivity index (χ2n) is 6.27. The second-order valence-corrected chi connectivity index (χ2v) is 7.31. The van der Waals surface area contributed by atoms with Crippen LogP contribution in [0.3, 0.4) is 0 Å². The maximum atomic E-state index is 5.85. The Labute approximate surface area is 158 Å². The van der Waals surface area contributed by atoms with E-state index in [4.69, 9.17) is 4.74 Å². The zero-order valence-corrected chi connectivity index (χ0v) is 15.4. The van der Waals surface area contributed by atoms with Gasteiger partial charge in [-0.1, -0.05) is 35.6 Å². The molecule has 0 amide bonds. The maximum Gasteiger partial charge on any atom is 0.234 e. The fourth-order valence-electron chi connectivity index (χ4n) is 2.99. The van der Waals surface area contributed by atoms with Gasteiger partial charge in [0.05, 0.1) is 23.9 Å². The monoisotopic (exact) mass is 376 g/mol. The predicted octanol–water partition coefficient (Wildman–Crippen LogP) is 3.47. The highest BCUT2D eigenvalue weighted by Crippen LogP contribution is 2.19. The highest BCUT2D eigenvalue weighted by atomic mass is 32.1. The van der Waals surface area contributed by atoms with Crippen molar-refractivity contribution in [3.05, 3.63) is 71.3 Å². The summed E-state index contributed by atoms with van der Waals surface area (Å²) in [5, 5.41) is 14.0. The lowest BCUT2D eigenvalue weighted by Gasteiger charge is -2.04. The van der Waals surface area contributed by atoms with Gasteiger partial charge in [-0.3, -0.25) is 0 Å². The van der Waals surface area contributed by atoms with Gasteiger partial charge in [0, 0.05) is 0 Å². The van der Waals surface area contributed by atoms with Gasteiger partial charge < -0.3 is 9.30 Å². The number of imidazole rings is 1. The van der Waals surface area contributed by atoms with E-state index in [0.717, 1.165) is 32.6 Å². The molecule has 0 saturated carbocycles. The first kappa shape index (κ1) is 16.0. The molecular formula is C19H16N6OS. The third kappa shape index (κ3) is 3.04. The van der Waals surface area contributed by atoms with Crippen LogP contribution in [-0.2, 0) is 13.2 Å². The van der Waals surface area contributed by atoms with E-state index in [0.29, 0.717) is 13.2 Å². The van der Waals surface area contributed by atoms with E-state index in [-0.39, 0.29) is 0 Å². The summed E-state index contributed by atoms with van der Waals surface area (Å²) in [6.07, 6.45) is 1.82. The van der Waals surface area contributed by atoms with Gasteiger partial charge in [-0.25, -0.2) is 4.98 Å². The molecule has 27 heavy (non-hydrogen) atoms. The lowest BCUT2D eigenvalue weighted by Crippen LogP contribution is -2.05. The second kappa shape index (κ2) is 6.48. The predicted molar refractivity (Wildman–Crippen MR) is 103 cm³/mol. The zero-order valence-electron chi connectivity index (χ0n) is 14.6. The summed E-state index contributed by atoms with van der Waals surface area (Å²) in [7, 11) is 0. The summed E-state index contributed by atoms with van der Waals surface area (Å²) in [5.74, 6) is 1.61. The van der Waals surface area contributed by atoms with Gasteiger partial charge in [-0.2, -0.15) is 9.61 Å². The maximum absolute atomic E-state index is 5.85. The molecule has 0 unspecified atom stereocenters. The number of nitrogens with zero attached hydrogens (tertiary/aromatic N) is 6. The molecular weight excluding hydrogens is 360 g/mol. The Morgan fingerprint density at radius 2 is 2.00 bits per heavy atom. The lowest BCUT2D eigenvalue weighted by atomic mass is 10.2. The minimum atomic E-state index is 0.408. The molecule has 8 heteroatoms. The standard InChI is InChI=1S/C19H16N6OS/c1-13-5-4-6-14(9-13)26-11-18-23-25-17(21-22-19(25)27-18)10-24-12-20-15-7-2-3-8-16(15)24/h2-9,12H,10-11H2,1H3. The van der Waals surface area contributed by atoms with Crippen molar-refractivity contribution in [2.24, 2.45) is 0 Å². The van der Waals surface area contributed by atoms with Gasteiger partial charge in [-0.15, -0.1) is 10.2 Å². The van der Waals surface area contributed by atoms with Crippen LogP contribution in [0.15, 0.2) is 54.9 Å². The topological polar surface area (TPSA) is 70.1 Å². The molecule has 0 N–H and O–H groups in total. The van der Waals surface area contributed by atoms with E-state index < -0.39 is 0 Å². The number of aryl methyl sites for hydroxylation is 1. The summed E-state index contributed by atoms with van der Waals surface area (Å²) in [5.41, 5.74) is 3.19. The minimum Gasteiger partial charge on any atom is -0.486 e. The number of para-hydroxylation sites is 2. The number of rotatable bonds is 5. The van der Waals surface area contributed by atoms with E-state index >= 15 is 0 Å². The quantitative estimate of drug-likeness (QED) is 0.470. The van der Waals surface area contributed by atoms with Gasteiger partial charge in [0.2, 0.25) is 4.96 Å². The summed E-state index contributed by atoms with van der Waals surface area (Å²) in [4.78, 5) is 5.18. The van der Waals surface area contributed by atoms with Crippen molar-refractivity contribution in [1.29, 1.82) is 0 Å². The van der Waals surface area contributed by atoms with Gasteiger partial charge in [0.25, 0.3) is 0 Å². The Bertz CT molecular complexity index is 1240. The first-order chi connectivity index (χ1) is 13.3. The van der Waals surface area contributed by atoms with Crippen LogP contribution in [0.5, 0.6) is 5.75 Å². The average molecular weight is 376 g/mol. The molecule has 7 nitrogen and oxygen atoms in total. The molecule has 0 aliphatic carbocycles. The molecule has 0 bridgehead atoms. The summed E-state index contributed by atoms with van der Waals surface area (Å²) < 4.78 is 9.68. The third-order valence-electron chi connectivity index (χ3n) is 4.29. The molecule has 0 atom stereocenters. The number of fused-ring (bicyclic) bond motifs is 2. The number of aromatic nitrogens is 6. The largest absolute Gasteiger partial charge is 0.486 e. The fraction of sp³-hybridized carbons (Fsp3) is 0.158. The van der Waals surface area contributed by atoms with Crippen LogP contribution < -0.4 is 4.74 Å². The molecule has 5 rings (SSSR count). The van der Waals surface area contributed by atoms with Crippen LogP contribution in [0.4, 0.5) is 0 Å². The SMILES string of the molecule is Cc1cccc(OCc2nn3c(Cn4cnc5ccccc54)nnc3s2)c1. The smallest absolute Gasteiger partial charge is 0.234 e. The van der Waals surface area contributed by atoms with Crippen molar-refractivity contribution >= 4 is 27.3 Å². The van der Waals surface area contributed by atoms with Crippen molar-refractivity contribution in [1.82, 2.24) is 29.4 Å². The molecule has 5 aromatic rings. The van der Waals surface area contributed by atoms with E-state index in [2.05, 4.69) is 20.3 Å². The van der Waals surface area contributed by atoms with Crippen molar-refractivity contribution in [2.75, 3.05) is 0 Å². The number of ether oxygens (including phenoxy) is 1. The van der Waals surface area contributed by atoms with Crippen LogP contribution in [0.2, 0.25) is 0 Å². The Balaban J connectivity index is 1.38. The van der Waals surface area contributed by atoms with Gasteiger partial charge in [0.15, 0.2) is 10.8 Å². The Morgan fingerprint density at radius 1 is 1.07 bits per heavy atom. The Morgan fingerprint density at radius 3 is 2.93 bits per heavy atom. The van der Waals surface area contributed by atoms with Crippen molar-refractivity contribution in [3.8, 4) is 5.75 Å². The van der Waals surface area contributed by atoms with Gasteiger partial charge in [-0.05, 0) is 36.8 Å². The molecule has 0 aliphatic rings. The summed E-state index contributed by atoms with van der Waals surface area (Å²) in [6.45, 7) is 3.01. The summed E-state index contributed by atoms with van der Waals surface area (Å²) in [6, 6.07) is 16.0. The molecule has 0 spiro atoms. The van der Waals surface area contributed by atoms with Crippen molar-refractivity contribution < 1.29 is 4.74 Å². The van der Waals surface area contributed by atoms with Crippen LogP contribution in [0.1, 0.15) is 16.4 Å². The van der Waals surface area contributed by atoms with Crippen LogP contribution in [-0.4, -0.2) is 29.4 Å². The highest BCUT2D eigenvalue weighted by molar-refractivity contribution is 7.16. The Kier molecular flexibility index (Phi) is 3.83. The molecule has 0 saturated heterocycles. The number of hydrogen-bond donors (Lipinski definition) is 0. The van der Waals surface area contributed by atoms with E-state index in [1.807, 2.05) is 66.3 Å². The molecule has 3 heterocycles. The van der Waals surface area contributed by atoms with Gasteiger partial charge in [0.1, 0.15) is 12.4 Å². The Hall–Kier alpha value is -3.26. The molecule has 0 radical (unpaired) electrons. The van der Waals surface area contributed by atoms with Crippen LogP contribution in [0.25, 0.3) is 16.0 Å². The van der Waals surface area contributed by atoms with E-state index in [9.17, 15) is 0 Å². The number of benzene rings is 2. The average Bonchev–Trinajstić information content (AvgIpc) is 3.36. The van der Waals surface area contributed by atoms with Gasteiger partial charge >= 0.3 is 0 Å². The molecule has 0 fully saturated rings. The minimum absolute atomic E-state index is 0.408.